The van der Waals surface area contributed by atoms with Gasteiger partial charge in [-0.05, 0) is 24.7 Å². The van der Waals surface area contributed by atoms with E-state index < -0.39 is 0 Å². The fraction of sp³-hybridized carbons (Fsp3) is 1.00. The maximum Gasteiger partial charge on any atom is -0.0409 e. The number of rotatable bonds is 0. The van der Waals surface area contributed by atoms with Gasteiger partial charge in [0, 0.05) is 0 Å². The average Bonchev–Trinajstić information content (AvgIpc) is 1.67. The normalized spacial score (nSPS) is 48.0. The summed E-state index contributed by atoms with van der Waals surface area (Å²) in [4.78, 5) is 0. The van der Waals surface area contributed by atoms with Crippen molar-refractivity contribution in [2.45, 2.75) is 32.1 Å². The van der Waals surface area contributed by atoms with Crippen LogP contribution in [0.15, 0.2) is 0 Å². The quantitative estimate of drug-likeness (QED) is 0.433. The Balaban J connectivity index is 1.99. The van der Waals surface area contributed by atoms with Crippen LogP contribution in [-0.2, 0) is 0 Å². The Kier molecular flexibility index (Phi) is 0.697. The van der Waals surface area contributed by atoms with Gasteiger partial charge < -0.3 is 0 Å². The predicted molar refractivity (Wildman–Crippen MR) is 30.1 cm³/mol. The number of fused-ring (bicyclic) bond motifs is 2. The molecule has 7 heavy (non-hydrogen) atoms. The van der Waals surface area contributed by atoms with Crippen molar-refractivity contribution in [3.8, 4) is 0 Å². The smallest absolute Gasteiger partial charge is 0.0409 e. The lowest BCUT2D eigenvalue weighted by Gasteiger charge is -2.40. The van der Waals surface area contributed by atoms with Gasteiger partial charge in [0.15, 0.2) is 0 Å². The van der Waals surface area contributed by atoms with E-state index in [1.165, 1.54) is 18.3 Å². The van der Waals surface area contributed by atoms with Crippen LogP contribution in [0.25, 0.3) is 0 Å². The zero-order chi connectivity index (χ0) is 4.69. The molecule has 0 nitrogen and oxygen atoms in total. The van der Waals surface area contributed by atoms with Gasteiger partial charge in [-0.25, -0.2) is 0 Å². The molecule has 0 aromatic rings. The van der Waals surface area contributed by atoms with Crippen molar-refractivity contribution in [3.05, 3.63) is 0 Å². The van der Waals surface area contributed by atoms with E-state index in [9.17, 15) is 0 Å². The lowest BCUT2D eigenvalue weighted by molar-refractivity contribution is 0.116. The first kappa shape index (κ1) is 3.94. The van der Waals surface area contributed by atoms with Gasteiger partial charge in [-0.2, -0.15) is 0 Å². The van der Waals surface area contributed by atoms with E-state index in [0.717, 1.165) is 0 Å². The third-order valence-corrected chi connectivity index (χ3v) is 2.56. The summed E-state index contributed by atoms with van der Waals surface area (Å²) in [5.41, 5.74) is 0. The Morgan fingerprint density at radius 3 is 1.57 bits per heavy atom. The molecule has 0 saturated heterocycles. The highest BCUT2D eigenvalue weighted by Gasteiger charge is 2.32. The molecule has 3 saturated carbocycles. The van der Waals surface area contributed by atoms with E-state index in [1.54, 1.807) is 25.7 Å². The molecule has 0 spiro atoms. The van der Waals surface area contributed by atoms with Gasteiger partial charge in [0.1, 0.15) is 0 Å². The second-order valence-corrected chi connectivity index (χ2v) is 3.13. The van der Waals surface area contributed by atoms with Gasteiger partial charge in [0.2, 0.25) is 0 Å². The molecular formula is C7H12. The number of hydrogen-bond acceptors (Lipinski definition) is 0. The number of hydrogen-bond donors (Lipinski definition) is 0. The van der Waals surface area contributed by atoms with Gasteiger partial charge in [0.25, 0.3) is 0 Å². The Morgan fingerprint density at radius 2 is 1.43 bits per heavy atom. The summed E-state index contributed by atoms with van der Waals surface area (Å²) in [7, 11) is 0. The van der Waals surface area contributed by atoms with Crippen molar-refractivity contribution >= 4 is 0 Å². The first-order valence-electron chi connectivity index (χ1n) is 3.45. The Hall–Kier alpha value is 0. The summed E-state index contributed by atoms with van der Waals surface area (Å²) in [6.45, 7) is 0. The Bertz CT molecular complexity index is 56.6. The van der Waals surface area contributed by atoms with E-state index in [1.807, 2.05) is 0 Å². The van der Waals surface area contributed by atoms with E-state index in [4.69, 9.17) is 0 Å². The van der Waals surface area contributed by atoms with Crippen LogP contribution in [0.5, 0.6) is 0 Å². The fourth-order valence-electron chi connectivity index (χ4n) is 2.04. The highest BCUT2D eigenvalue weighted by Crippen LogP contribution is 2.45. The highest BCUT2D eigenvalue weighted by atomic mass is 14.4. The van der Waals surface area contributed by atoms with Gasteiger partial charge >= 0.3 is 0 Å². The summed E-state index contributed by atoms with van der Waals surface area (Å²) in [6.07, 6.45) is 7.81. The van der Waals surface area contributed by atoms with Crippen molar-refractivity contribution in [2.24, 2.45) is 11.8 Å². The van der Waals surface area contributed by atoms with Gasteiger partial charge in [-0.1, -0.05) is 19.3 Å². The first-order chi connectivity index (χ1) is 3.45. The molecule has 0 aliphatic heterocycles. The van der Waals surface area contributed by atoms with E-state index >= 15 is 0 Å². The van der Waals surface area contributed by atoms with Crippen molar-refractivity contribution in [2.75, 3.05) is 0 Å². The average molecular weight is 96.2 g/mol. The molecule has 0 amide bonds. The zero-order valence-corrected chi connectivity index (χ0v) is 4.69. The molecule has 40 valence electrons. The monoisotopic (exact) mass is 96.1 g/mol. The molecule has 2 bridgehead atoms. The highest BCUT2D eigenvalue weighted by molar-refractivity contribution is 4.83. The van der Waals surface area contributed by atoms with Gasteiger partial charge in [-0.3, -0.25) is 0 Å². The largest absolute Gasteiger partial charge is 0.0528 e. The SMILES string of the molecule is C1CC2CC(C1)C2. The standard InChI is InChI=1S/C7H12/c1-2-6-4-7(3-1)5-6/h6-7H,1-5H2. The summed E-state index contributed by atoms with van der Waals surface area (Å²) in [5, 5.41) is 0. The summed E-state index contributed by atoms with van der Waals surface area (Å²) < 4.78 is 0. The summed E-state index contributed by atoms with van der Waals surface area (Å²) in [6, 6.07) is 0. The van der Waals surface area contributed by atoms with Gasteiger partial charge in [0.05, 0.1) is 0 Å². The van der Waals surface area contributed by atoms with E-state index in [2.05, 4.69) is 0 Å². The van der Waals surface area contributed by atoms with Crippen LogP contribution in [0.1, 0.15) is 32.1 Å². The van der Waals surface area contributed by atoms with Crippen molar-refractivity contribution in [1.29, 1.82) is 0 Å². The van der Waals surface area contributed by atoms with Gasteiger partial charge in [-0.15, -0.1) is 0 Å². The molecule has 0 unspecified atom stereocenters. The zero-order valence-electron chi connectivity index (χ0n) is 4.69. The molecule has 3 aliphatic carbocycles. The topological polar surface area (TPSA) is 0 Å². The molecule has 0 N–H and O–H groups in total. The minimum atomic E-state index is 1.18. The Labute approximate surface area is 44.9 Å². The molecule has 3 rings (SSSR count). The molecule has 0 heterocycles. The van der Waals surface area contributed by atoms with Crippen molar-refractivity contribution < 1.29 is 0 Å². The third kappa shape index (κ3) is 0.490. The third-order valence-electron chi connectivity index (χ3n) is 2.56. The lowest BCUT2D eigenvalue weighted by atomic mass is 9.65. The predicted octanol–water partition coefficient (Wildman–Crippen LogP) is 2.20. The minimum Gasteiger partial charge on any atom is -0.0528 e. The van der Waals surface area contributed by atoms with Crippen LogP contribution >= 0.6 is 0 Å². The molecule has 3 fully saturated rings. The van der Waals surface area contributed by atoms with Crippen molar-refractivity contribution in [1.82, 2.24) is 0 Å². The van der Waals surface area contributed by atoms with Crippen LogP contribution in [0.3, 0.4) is 0 Å². The van der Waals surface area contributed by atoms with Crippen LogP contribution < -0.4 is 0 Å². The molecule has 3 aliphatic rings. The molecule has 0 atom stereocenters. The second kappa shape index (κ2) is 1.24. The maximum atomic E-state index is 1.58. The van der Waals surface area contributed by atoms with E-state index in [0.29, 0.717) is 0 Å². The first-order valence-corrected chi connectivity index (χ1v) is 3.45. The Morgan fingerprint density at radius 1 is 0.857 bits per heavy atom. The lowest BCUT2D eigenvalue weighted by Crippen LogP contribution is -2.28. The fourth-order valence-corrected chi connectivity index (χ4v) is 2.04. The van der Waals surface area contributed by atoms with Crippen LogP contribution in [0.4, 0.5) is 0 Å². The summed E-state index contributed by atoms with van der Waals surface area (Å²) in [5.74, 6) is 2.36. The van der Waals surface area contributed by atoms with E-state index in [-0.39, 0.29) is 0 Å². The molecule has 0 aromatic carbocycles. The molecular weight excluding hydrogens is 84.1 g/mol. The van der Waals surface area contributed by atoms with Crippen LogP contribution in [0, 0.1) is 11.8 Å². The summed E-state index contributed by atoms with van der Waals surface area (Å²) >= 11 is 0. The van der Waals surface area contributed by atoms with Crippen LogP contribution in [0.2, 0.25) is 0 Å². The minimum absolute atomic E-state index is 1.18. The maximum absolute atomic E-state index is 1.58. The second-order valence-electron chi connectivity index (χ2n) is 3.13. The molecule has 0 aromatic heterocycles. The molecule has 0 heteroatoms. The molecule has 0 radical (unpaired) electrons. The van der Waals surface area contributed by atoms with Crippen molar-refractivity contribution in [3.63, 3.8) is 0 Å². The van der Waals surface area contributed by atoms with Crippen LogP contribution in [-0.4, -0.2) is 0 Å².